The molecule has 0 atom stereocenters. The van der Waals surface area contributed by atoms with Crippen molar-refractivity contribution in [2.75, 3.05) is 5.73 Å². The van der Waals surface area contributed by atoms with Gasteiger partial charge >= 0.3 is 0 Å². The van der Waals surface area contributed by atoms with Crippen LogP contribution in [0.15, 0.2) is 40.9 Å². The number of nitrogen functional groups attached to an aromatic ring is 1. The molecule has 3 N–H and O–H groups in total. The Hall–Kier alpha value is -2.24. The first-order valence-corrected chi connectivity index (χ1v) is 6.68. The number of aromatic hydroxyl groups is 1. The SMILES string of the molecule is Nc1cc(-c2nc(-c3ccc(Cl)c(Cl)c3)no2)ccc1O. The van der Waals surface area contributed by atoms with E-state index < -0.39 is 0 Å². The fourth-order valence-electron chi connectivity index (χ4n) is 1.78. The summed E-state index contributed by atoms with van der Waals surface area (Å²) in [5, 5.41) is 14.2. The molecule has 0 bridgehead atoms. The largest absolute Gasteiger partial charge is 0.506 e. The molecular weight excluding hydrogens is 313 g/mol. The van der Waals surface area contributed by atoms with Gasteiger partial charge in [-0.3, -0.25) is 0 Å². The first kappa shape index (κ1) is 13.7. The summed E-state index contributed by atoms with van der Waals surface area (Å²) in [7, 11) is 0. The third-order valence-electron chi connectivity index (χ3n) is 2.88. The minimum atomic E-state index is 0.00275. The molecule has 1 aromatic heterocycles. The predicted octanol–water partition coefficient (Wildman–Crippen LogP) is 4.00. The summed E-state index contributed by atoms with van der Waals surface area (Å²) in [5.74, 6) is 0.681. The van der Waals surface area contributed by atoms with Crippen LogP contribution in [0.2, 0.25) is 10.0 Å². The van der Waals surface area contributed by atoms with Crippen LogP contribution in [0.1, 0.15) is 0 Å². The number of anilines is 1. The van der Waals surface area contributed by atoms with Crippen molar-refractivity contribution in [1.29, 1.82) is 0 Å². The minimum absolute atomic E-state index is 0.00275. The Labute approximate surface area is 129 Å². The van der Waals surface area contributed by atoms with Crippen LogP contribution >= 0.6 is 23.2 Å². The van der Waals surface area contributed by atoms with Gasteiger partial charge in [0.05, 0.1) is 15.7 Å². The van der Waals surface area contributed by atoms with E-state index in [0.29, 0.717) is 32.9 Å². The second-order valence-corrected chi connectivity index (χ2v) is 5.14. The standard InChI is InChI=1S/C14H9Cl2N3O2/c15-9-3-1-7(5-10(9)16)13-18-14(21-19-13)8-2-4-12(20)11(17)6-8/h1-6,20H,17H2. The van der Waals surface area contributed by atoms with Crippen LogP contribution in [0, 0.1) is 0 Å². The van der Waals surface area contributed by atoms with E-state index in [1.807, 2.05) is 0 Å². The summed E-state index contributed by atoms with van der Waals surface area (Å²) in [5.41, 5.74) is 7.18. The number of halogens is 2. The van der Waals surface area contributed by atoms with E-state index in [0.717, 1.165) is 0 Å². The molecular formula is C14H9Cl2N3O2. The molecule has 0 spiro atoms. The maximum Gasteiger partial charge on any atom is 0.258 e. The fourth-order valence-corrected chi connectivity index (χ4v) is 2.08. The number of hydrogen-bond acceptors (Lipinski definition) is 5. The van der Waals surface area contributed by atoms with Crippen molar-refractivity contribution in [2.24, 2.45) is 0 Å². The van der Waals surface area contributed by atoms with Crippen LogP contribution < -0.4 is 5.73 Å². The summed E-state index contributed by atoms with van der Waals surface area (Å²) in [6.07, 6.45) is 0. The van der Waals surface area contributed by atoms with E-state index in [9.17, 15) is 5.11 Å². The minimum Gasteiger partial charge on any atom is -0.506 e. The molecule has 106 valence electrons. The number of nitrogens with two attached hydrogens (primary N) is 1. The lowest BCUT2D eigenvalue weighted by Crippen LogP contribution is -1.87. The summed E-state index contributed by atoms with van der Waals surface area (Å²) < 4.78 is 5.20. The lowest BCUT2D eigenvalue weighted by Gasteiger charge is -1.99. The molecule has 0 saturated heterocycles. The smallest absolute Gasteiger partial charge is 0.258 e. The second kappa shape index (κ2) is 5.27. The van der Waals surface area contributed by atoms with E-state index in [2.05, 4.69) is 10.1 Å². The van der Waals surface area contributed by atoms with Crippen molar-refractivity contribution in [3.63, 3.8) is 0 Å². The number of hydrogen-bond donors (Lipinski definition) is 2. The van der Waals surface area contributed by atoms with E-state index in [-0.39, 0.29) is 11.4 Å². The number of phenols is 1. The first-order valence-electron chi connectivity index (χ1n) is 5.92. The molecule has 21 heavy (non-hydrogen) atoms. The van der Waals surface area contributed by atoms with Crippen molar-refractivity contribution in [3.8, 4) is 28.6 Å². The number of nitrogens with zero attached hydrogens (tertiary/aromatic N) is 2. The van der Waals surface area contributed by atoms with Crippen molar-refractivity contribution >= 4 is 28.9 Å². The maximum atomic E-state index is 9.41. The predicted molar refractivity (Wildman–Crippen MR) is 81.3 cm³/mol. The number of rotatable bonds is 2. The Morgan fingerprint density at radius 3 is 2.48 bits per heavy atom. The van der Waals surface area contributed by atoms with Gasteiger partial charge in [0.15, 0.2) is 0 Å². The molecule has 0 aliphatic rings. The molecule has 1 heterocycles. The lowest BCUT2D eigenvalue weighted by atomic mass is 10.2. The molecule has 7 heteroatoms. The molecule has 0 fully saturated rings. The summed E-state index contributed by atoms with van der Waals surface area (Å²) in [6, 6.07) is 9.72. The Morgan fingerprint density at radius 2 is 1.76 bits per heavy atom. The Bertz CT molecular complexity index is 752. The van der Waals surface area contributed by atoms with Crippen LogP contribution in [-0.2, 0) is 0 Å². The molecule has 0 aliphatic carbocycles. The Balaban J connectivity index is 1.99. The van der Waals surface area contributed by atoms with Gasteiger partial charge in [0.2, 0.25) is 5.82 Å². The molecule has 2 aromatic carbocycles. The van der Waals surface area contributed by atoms with Crippen molar-refractivity contribution in [2.45, 2.75) is 0 Å². The zero-order chi connectivity index (χ0) is 15.0. The zero-order valence-electron chi connectivity index (χ0n) is 10.5. The molecule has 5 nitrogen and oxygen atoms in total. The zero-order valence-corrected chi connectivity index (χ0v) is 12.1. The first-order chi connectivity index (χ1) is 10.0. The van der Waals surface area contributed by atoms with Gasteiger partial charge in [-0.1, -0.05) is 28.4 Å². The highest BCUT2D eigenvalue weighted by Gasteiger charge is 2.12. The third-order valence-corrected chi connectivity index (χ3v) is 3.62. The van der Waals surface area contributed by atoms with Gasteiger partial charge in [0.1, 0.15) is 5.75 Å². The van der Waals surface area contributed by atoms with E-state index >= 15 is 0 Å². The quantitative estimate of drug-likeness (QED) is 0.550. The van der Waals surface area contributed by atoms with Crippen LogP contribution in [-0.4, -0.2) is 15.2 Å². The number of benzene rings is 2. The van der Waals surface area contributed by atoms with Gasteiger partial charge < -0.3 is 15.4 Å². The molecule has 0 amide bonds. The monoisotopic (exact) mass is 321 g/mol. The van der Waals surface area contributed by atoms with Gasteiger partial charge in [0.25, 0.3) is 5.89 Å². The number of aromatic nitrogens is 2. The van der Waals surface area contributed by atoms with Gasteiger partial charge in [-0.25, -0.2) is 0 Å². The lowest BCUT2D eigenvalue weighted by molar-refractivity contribution is 0.432. The van der Waals surface area contributed by atoms with Crippen molar-refractivity contribution < 1.29 is 9.63 Å². The van der Waals surface area contributed by atoms with E-state index in [1.165, 1.54) is 6.07 Å². The molecule has 0 unspecified atom stereocenters. The maximum absolute atomic E-state index is 9.41. The van der Waals surface area contributed by atoms with Gasteiger partial charge in [-0.15, -0.1) is 0 Å². The highest BCUT2D eigenvalue weighted by molar-refractivity contribution is 6.42. The summed E-state index contributed by atoms with van der Waals surface area (Å²) in [4.78, 5) is 4.28. The molecule has 0 aliphatic heterocycles. The van der Waals surface area contributed by atoms with Crippen LogP contribution in [0.5, 0.6) is 5.75 Å². The third kappa shape index (κ3) is 2.66. The Kier molecular flexibility index (Phi) is 3.45. The normalized spacial score (nSPS) is 10.8. The van der Waals surface area contributed by atoms with Gasteiger partial charge in [-0.05, 0) is 36.4 Å². The highest BCUT2D eigenvalue weighted by atomic mass is 35.5. The molecule has 3 rings (SSSR count). The highest BCUT2D eigenvalue weighted by Crippen LogP contribution is 2.30. The van der Waals surface area contributed by atoms with Gasteiger partial charge in [0, 0.05) is 11.1 Å². The summed E-state index contributed by atoms with van der Waals surface area (Å²) >= 11 is 11.8. The van der Waals surface area contributed by atoms with Gasteiger partial charge in [-0.2, -0.15) is 4.98 Å². The van der Waals surface area contributed by atoms with Crippen LogP contribution in [0.4, 0.5) is 5.69 Å². The molecule has 0 radical (unpaired) electrons. The Morgan fingerprint density at radius 1 is 1.00 bits per heavy atom. The van der Waals surface area contributed by atoms with Crippen molar-refractivity contribution in [3.05, 3.63) is 46.4 Å². The average molecular weight is 322 g/mol. The number of phenolic OH excluding ortho intramolecular Hbond substituents is 1. The van der Waals surface area contributed by atoms with Crippen LogP contribution in [0.25, 0.3) is 22.8 Å². The van der Waals surface area contributed by atoms with E-state index in [4.69, 9.17) is 33.5 Å². The molecule has 0 saturated carbocycles. The topological polar surface area (TPSA) is 85.2 Å². The second-order valence-electron chi connectivity index (χ2n) is 4.33. The fraction of sp³-hybridized carbons (Fsp3) is 0. The molecule has 3 aromatic rings. The van der Waals surface area contributed by atoms with E-state index in [1.54, 1.807) is 30.3 Å². The summed E-state index contributed by atoms with van der Waals surface area (Å²) in [6.45, 7) is 0. The average Bonchev–Trinajstić information content (AvgIpc) is 2.94. The van der Waals surface area contributed by atoms with Crippen LogP contribution in [0.3, 0.4) is 0 Å². The van der Waals surface area contributed by atoms with Crippen molar-refractivity contribution in [1.82, 2.24) is 10.1 Å².